The number of aromatic carboxylic acids is 1. The normalized spacial score (nSPS) is 10.9. The number of carboxylic acid groups (broad SMARTS) is 1. The van der Waals surface area contributed by atoms with Gasteiger partial charge in [0.05, 0.1) is 6.04 Å². The number of aromatic nitrogens is 2. The maximum atomic E-state index is 10.7. The first-order valence-corrected chi connectivity index (χ1v) is 4.89. The van der Waals surface area contributed by atoms with Crippen molar-refractivity contribution in [3.05, 3.63) is 17.5 Å². The molecule has 4 heteroatoms. The minimum atomic E-state index is -0.960. The van der Waals surface area contributed by atoms with Gasteiger partial charge < -0.3 is 5.11 Å². The standard InChI is InChI=1S/C10H16N2O2/c1-4-8(5-2)12-7(3)6-9(11-12)10(13)14/h6,8H,4-5H2,1-3H3,(H,13,14). The van der Waals surface area contributed by atoms with Gasteiger partial charge in [-0.15, -0.1) is 0 Å². The minimum Gasteiger partial charge on any atom is -0.476 e. The molecule has 0 amide bonds. The molecule has 1 aromatic rings. The summed E-state index contributed by atoms with van der Waals surface area (Å²) >= 11 is 0. The number of carboxylic acids is 1. The number of carbonyl (C=O) groups is 1. The zero-order valence-electron chi connectivity index (χ0n) is 8.82. The summed E-state index contributed by atoms with van der Waals surface area (Å²) in [6.45, 7) is 6.04. The van der Waals surface area contributed by atoms with Crippen LogP contribution in [-0.2, 0) is 0 Å². The van der Waals surface area contributed by atoms with E-state index in [9.17, 15) is 4.79 Å². The fraction of sp³-hybridized carbons (Fsp3) is 0.600. The van der Waals surface area contributed by atoms with Crippen LogP contribution in [0.5, 0.6) is 0 Å². The predicted molar refractivity (Wildman–Crippen MR) is 53.5 cm³/mol. The van der Waals surface area contributed by atoms with Crippen molar-refractivity contribution in [1.82, 2.24) is 9.78 Å². The number of nitrogens with zero attached hydrogens (tertiary/aromatic N) is 2. The molecule has 78 valence electrons. The molecule has 0 bridgehead atoms. The molecule has 4 nitrogen and oxygen atoms in total. The van der Waals surface area contributed by atoms with Crippen molar-refractivity contribution in [2.75, 3.05) is 0 Å². The molecule has 1 aromatic heterocycles. The van der Waals surface area contributed by atoms with Crippen LogP contribution in [0.1, 0.15) is 48.9 Å². The second kappa shape index (κ2) is 4.26. The van der Waals surface area contributed by atoms with Crippen molar-refractivity contribution in [2.24, 2.45) is 0 Å². The zero-order chi connectivity index (χ0) is 10.7. The van der Waals surface area contributed by atoms with E-state index in [0.29, 0.717) is 6.04 Å². The van der Waals surface area contributed by atoms with Crippen molar-refractivity contribution >= 4 is 5.97 Å². The Bertz CT molecular complexity index is 327. The highest BCUT2D eigenvalue weighted by molar-refractivity contribution is 5.85. The third-order valence-corrected chi connectivity index (χ3v) is 2.43. The molecule has 0 spiro atoms. The lowest BCUT2D eigenvalue weighted by molar-refractivity contribution is 0.0689. The Hall–Kier alpha value is -1.32. The molecular weight excluding hydrogens is 180 g/mol. The molecule has 0 aliphatic carbocycles. The highest BCUT2D eigenvalue weighted by atomic mass is 16.4. The van der Waals surface area contributed by atoms with Gasteiger partial charge in [-0.05, 0) is 25.8 Å². The molecular formula is C10H16N2O2. The average molecular weight is 196 g/mol. The van der Waals surface area contributed by atoms with E-state index in [0.717, 1.165) is 18.5 Å². The molecule has 0 aliphatic rings. The summed E-state index contributed by atoms with van der Waals surface area (Å²) in [6.07, 6.45) is 1.94. The Kier molecular flexibility index (Phi) is 3.28. The van der Waals surface area contributed by atoms with Crippen LogP contribution in [-0.4, -0.2) is 20.9 Å². The largest absolute Gasteiger partial charge is 0.476 e. The van der Waals surface area contributed by atoms with E-state index in [2.05, 4.69) is 18.9 Å². The molecule has 1 rings (SSSR count). The lowest BCUT2D eigenvalue weighted by Crippen LogP contribution is -2.11. The second-order valence-electron chi connectivity index (χ2n) is 3.39. The summed E-state index contributed by atoms with van der Waals surface area (Å²) in [6, 6.07) is 1.92. The Labute approximate surface area is 83.5 Å². The summed E-state index contributed by atoms with van der Waals surface area (Å²) in [5, 5.41) is 12.8. The highest BCUT2D eigenvalue weighted by Gasteiger charge is 2.14. The van der Waals surface area contributed by atoms with Crippen molar-refractivity contribution in [2.45, 2.75) is 39.7 Å². The third-order valence-electron chi connectivity index (χ3n) is 2.43. The van der Waals surface area contributed by atoms with Crippen LogP contribution >= 0.6 is 0 Å². The van der Waals surface area contributed by atoms with E-state index >= 15 is 0 Å². The van der Waals surface area contributed by atoms with E-state index in [1.54, 1.807) is 6.07 Å². The maximum absolute atomic E-state index is 10.7. The van der Waals surface area contributed by atoms with Crippen molar-refractivity contribution in [3.63, 3.8) is 0 Å². The molecule has 0 radical (unpaired) electrons. The van der Waals surface area contributed by atoms with Gasteiger partial charge in [-0.1, -0.05) is 13.8 Å². The first-order chi connectivity index (χ1) is 6.60. The first kappa shape index (κ1) is 10.8. The lowest BCUT2D eigenvalue weighted by Gasteiger charge is -2.14. The van der Waals surface area contributed by atoms with Gasteiger partial charge in [0, 0.05) is 5.69 Å². The van der Waals surface area contributed by atoms with E-state index < -0.39 is 5.97 Å². The summed E-state index contributed by atoms with van der Waals surface area (Å²) in [5.74, 6) is -0.960. The van der Waals surface area contributed by atoms with Crippen molar-refractivity contribution in [3.8, 4) is 0 Å². The number of aryl methyl sites for hydroxylation is 1. The topological polar surface area (TPSA) is 55.1 Å². The van der Waals surface area contributed by atoms with Gasteiger partial charge in [0.15, 0.2) is 5.69 Å². The zero-order valence-corrected chi connectivity index (χ0v) is 8.82. The Balaban J connectivity index is 3.02. The first-order valence-electron chi connectivity index (χ1n) is 4.89. The SMILES string of the molecule is CCC(CC)n1nc(C(=O)O)cc1C. The summed E-state index contributed by atoms with van der Waals surface area (Å²) < 4.78 is 1.81. The Morgan fingerprint density at radius 2 is 2.14 bits per heavy atom. The van der Waals surface area contributed by atoms with Crippen LogP contribution in [0.15, 0.2) is 6.07 Å². The Morgan fingerprint density at radius 3 is 2.50 bits per heavy atom. The monoisotopic (exact) mass is 196 g/mol. The van der Waals surface area contributed by atoms with Gasteiger partial charge >= 0.3 is 5.97 Å². The summed E-state index contributed by atoms with van der Waals surface area (Å²) in [4.78, 5) is 10.7. The van der Waals surface area contributed by atoms with Crippen LogP contribution in [0.3, 0.4) is 0 Å². The minimum absolute atomic E-state index is 0.134. The molecule has 0 saturated carbocycles. The maximum Gasteiger partial charge on any atom is 0.356 e. The number of rotatable bonds is 4. The summed E-state index contributed by atoms with van der Waals surface area (Å²) in [5.41, 5.74) is 1.05. The van der Waals surface area contributed by atoms with Gasteiger partial charge in [-0.3, -0.25) is 4.68 Å². The van der Waals surface area contributed by atoms with Crippen molar-refractivity contribution in [1.29, 1.82) is 0 Å². The molecule has 0 unspecified atom stereocenters. The molecule has 1 N–H and O–H groups in total. The fourth-order valence-corrected chi connectivity index (χ4v) is 1.60. The van der Waals surface area contributed by atoms with E-state index in [1.807, 2.05) is 11.6 Å². The molecule has 0 atom stereocenters. The fourth-order valence-electron chi connectivity index (χ4n) is 1.60. The van der Waals surface area contributed by atoms with Gasteiger partial charge in [0.1, 0.15) is 0 Å². The van der Waals surface area contributed by atoms with Crippen molar-refractivity contribution < 1.29 is 9.90 Å². The molecule has 1 heterocycles. The van der Waals surface area contributed by atoms with Crippen LogP contribution in [0.2, 0.25) is 0 Å². The van der Waals surface area contributed by atoms with Gasteiger partial charge in [-0.25, -0.2) is 4.79 Å². The molecule has 0 aliphatic heterocycles. The smallest absolute Gasteiger partial charge is 0.356 e. The molecule has 0 fully saturated rings. The average Bonchev–Trinajstić information content (AvgIpc) is 2.51. The predicted octanol–water partition coefficient (Wildman–Crippen LogP) is 2.25. The number of hydrogen-bond acceptors (Lipinski definition) is 2. The molecule has 14 heavy (non-hydrogen) atoms. The Morgan fingerprint density at radius 1 is 1.57 bits per heavy atom. The summed E-state index contributed by atoms with van der Waals surface area (Å²) in [7, 11) is 0. The lowest BCUT2D eigenvalue weighted by atomic mass is 10.2. The highest BCUT2D eigenvalue weighted by Crippen LogP contribution is 2.17. The third kappa shape index (κ3) is 1.95. The van der Waals surface area contributed by atoms with Crippen LogP contribution in [0.25, 0.3) is 0 Å². The van der Waals surface area contributed by atoms with Gasteiger partial charge in [-0.2, -0.15) is 5.10 Å². The molecule has 0 aromatic carbocycles. The van der Waals surface area contributed by atoms with E-state index in [1.165, 1.54) is 0 Å². The van der Waals surface area contributed by atoms with E-state index in [-0.39, 0.29) is 5.69 Å². The van der Waals surface area contributed by atoms with Crippen LogP contribution in [0, 0.1) is 6.92 Å². The second-order valence-corrected chi connectivity index (χ2v) is 3.39. The van der Waals surface area contributed by atoms with Crippen LogP contribution < -0.4 is 0 Å². The number of hydrogen-bond donors (Lipinski definition) is 1. The van der Waals surface area contributed by atoms with Gasteiger partial charge in [0.25, 0.3) is 0 Å². The quantitative estimate of drug-likeness (QED) is 0.803. The van der Waals surface area contributed by atoms with Crippen LogP contribution in [0.4, 0.5) is 0 Å². The van der Waals surface area contributed by atoms with Gasteiger partial charge in [0.2, 0.25) is 0 Å². The molecule has 0 saturated heterocycles. The van der Waals surface area contributed by atoms with E-state index in [4.69, 9.17) is 5.11 Å².